The summed E-state index contributed by atoms with van der Waals surface area (Å²) in [6, 6.07) is -0.0480. The summed E-state index contributed by atoms with van der Waals surface area (Å²) in [6.45, 7) is 20.2. The summed E-state index contributed by atoms with van der Waals surface area (Å²) < 4.78 is 69.4. The van der Waals surface area contributed by atoms with Crippen molar-refractivity contribution in [1.82, 2.24) is 4.90 Å². The minimum absolute atomic E-state index is 0.0480. The molecule has 0 bridgehead atoms. The molecule has 0 aromatic carbocycles. The molecule has 59 heavy (non-hydrogen) atoms. The van der Waals surface area contributed by atoms with E-state index < -0.39 is 48.0 Å². The Hall–Kier alpha value is -3.35. The first kappa shape index (κ1) is 48.3. The lowest BCUT2D eigenvalue weighted by atomic mass is 9.58. The van der Waals surface area contributed by atoms with Gasteiger partial charge >= 0.3 is 5.97 Å². The lowest BCUT2D eigenvalue weighted by Crippen LogP contribution is -2.46. The van der Waals surface area contributed by atoms with Crippen LogP contribution in [-0.2, 0) is 25.0 Å². The summed E-state index contributed by atoms with van der Waals surface area (Å²) in [5.41, 5.74) is 1.63. The third kappa shape index (κ3) is 11.9. The smallest absolute Gasteiger partial charge is 0.303 e. The van der Waals surface area contributed by atoms with Crippen LogP contribution in [0.25, 0.3) is 0 Å². The Bertz CT molecular complexity index is 2100. The fraction of sp³-hybridized carbons (Fsp3) is 0.562. The first-order valence-electron chi connectivity index (χ1n) is 21.2. The number of allylic oxidation sites excluding steroid dienone is 15. The maximum atomic E-state index is 12.3. The van der Waals surface area contributed by atoms with E-state index in [4.69, 9.17) is 5.11 Å². The van der Waals surface area contributed by atoms with E-state index in [9.17, 15) is 30.7 Å². The third-order valence-corrected chi connectivity index (χ3v) is 14.9. The second-order valence-corrected chi connectivity index (χ2v) is 21.9. The fourth-order valence-corrected chi connectivity index (χ4v) is 11.2. The number of carbonyl (C=O) groups is 1. The van der Waals surface area contributed by atoms with Crippen molar-refractivity contribution in [1.29, 1.82) is 0 Å². The van der Waals surface area contributed by atoms with Gasteiger partial charge in [0.15, 0.2) is 0 Å². The number of nitrogens with zero attached hydrogens (tertiary/aromatic N) is 1. The molecule has 4 rings (SSSR count). The summed E-state index contributed by atoms with van der Waals surface area (Å²) in [6.07, 6.45) is 35.9. The number of likely N-dealkylation sites (tertiary alicyclic amines) is 1. The lowest BCUT2D eigenvalue weighted by molar-refractivity contribution is -0.137. The van der Waals surface area contributed by atoms with Gasteiger partial charge in [-0.15, -0.1) is 0 Å². The number of carboxylic acids is 1. The van der Waals surface area contributed by atoms with Crippen LogP contribution in [0.1, 0.15) is 120 Å². The van der Waals surface area contributed by atoms with E-state index in [0.29, 0.717) is 12.8 Å². The molecule has 0 aromatic heterocycles. The second kappa shape index (κ2) is 19.1. The van der Waals surface area contributed by atoms with Gasteiger partial charge in [0.05, 0.1) is 9.81 Å². The average molecular weight is 852 g/mol. The van der Waals surface area contributed by atoms with Crippen LogP contribution in [0, 0.1) is 34.0 Å². The van der Waals surface area contributed by atoms with Gasteiger partial charge < -0.3 is 5.11 Å². The molecule has 1 aliphatic heterocycles. The molecule has 0 saturated carbocycles. The van der Waals surface area contributed by atoms with Crippen LogP contribution in [0.4, 0.5) is 0 Å². The number of hydrogen-bond donors (Lipinski definition) is 3. The van der Waals surface area contributed by atoms with Crippen molar-refractivity contribution in [3.05, 3.63) is 118 Å². The zero-order valence-corrected chi connectivity index (χ0v) is 38.3. The topological polar surface area (TPSA) is 149 Å². The Balaban J connectivity index is 1.66. The van der Waals surface area contributed by atoms with Crippen LogP contribution in [0.15, 0.2) is 118 Å². The molecular weight excluding hydrogens is 783 g/mol. The molecule has 1 saturated heterocycles. The first-order chi connectivity index (χ1) is 27.3. The van der Waals surface area contributed by atoms with Crippen LogP contribution < -0.4 is 0 Å². The number of unbranched alkanes of at least 4 members (excludes halogenated alkanes) is 2. The van der Waals surface area contributed by atoms with E-state index in [1.807, 2.05) is 24.3 Å². The van der Waals surface area contributed by atoms with Crippen LogP contribution >= 0.6 is 0 Å². The van der Waals surface area contributed by atoms with Crippen molar-refractivity contribution >= 4 is 26.2 Å². The number of fused-ring (bicyclic) bond motifs is 1. The highest BCUT2D eigenvalue weighted by Gasteiger charge is 2.56. The molecule has 5 unspecified atom stereocenters. The Kier molecular flexibility index (Phi) is 15.7. The van der Waals surface area contributed by atoms with Gasteiger partial charge in [-0.05, 0) is 104 Å². The van der Waals surface area contributed by atoms with Crippen molar-refractivity contribution in [3.8, 4) is 0 Å². The lowest BCUT2D eigenvalue weighted by Gasteiger charge is -2.46. The summed E-state index contributed by atoms with van der Waals surface area (Å²) >= 11 is 0. The third-order valence-electron chi connectivity index (χ3n) is 13.2. The summed E-state index contributed by atoms with van der Waals surface area (Å²) in [5.74, 6) is -0.804. The standard InChI is InChI=1S/C48H69NO8S2/c1-35(32-40(36(2)21-14-13-17-26-44(50)51)46(5,6)41-33-38(58(52,53)54)27-29-45(41,3)4)20-18-25-43-47(7,8)42-34-39(59(55,56)57)28-30-48(42,9)49(43)31-19-24-37-22-15-11-10-12-16-23-37/h10-12,15-16,18,22-23,25,27-29,32-36,41,43H,13-14,17,19-21,24,26,30-31H2,1-9H3,(H,50,51)(H,52,53,54)(H,55,56,57)/b11-10-,12-10?,15-11?,16-12-,22-15-,23-16?,25-18+,37-22?,37-23+,40-32-. The zero-order valence-electron chi connectivity index (χ0n) is 36.7. The predicted octanol–water partition coefficient (Wildman–Crippen LogP) is 11.1. The van der Waals surface area contributed by atoms with Gasteiger partial charge in [0, 0.05) is 23.4 Å². The monoisotopic (exact) mass is 851 g/mol. The van der Waals surface area contributed by atoms with Gasteiger partial charge in [0.1, 0.15) is 0 Å². The molecule has 0 radical (unpaired) electrons. The van der Waals surface area contributed by atoms with Gasteiger partial charge in [-0.25, -0.2) is 0 Å². The first-order valence-corrected chi connectivity index (χ1v) is 24.1. The summed E-state index contributed by atoms with van der Waals surface area (Å²) in [5, 5.41) is 9.15. The van der Waals surface area contributed by atoms with Crippen molar-refractivity contribution < 1.29 is 35.8 Å². The molecule has 0 aromatic rings. The molecule has 9 nitrogen and oxygen atoms in total. The van der Waals surface area contributed by atoms with Crippen molar-refractivity contribution in [2.45, 2.75) is 132 Å². The maximum absolute atomic E-state index is 12.3. The molecule has 326 valence electrons. The molecule has 1 fully saturated rings. The van der Waals surface area contributed by atoms with Gasteiger partial charge in [-0.2, -0.15) is 16.8 Å². The van der Waals surface area contributed by atoms with E-state index in [2.05, 4.69) is 110 Å². The highest BCUT2D eigenvalue weighted by atomic mass is 32.2. The summed E-state index contributed by atoms with van der Waals surface area (Å²) in [7, 11) is -8.77. The Morgan fingerprint density at radius 2 is 1.58 bits per heavy atom. The fourth-order valence-electron chi connectivity index (χ4n) is 10.1. The molecule has 0 spiro atoms. The normalized spacial score (nSPS) is 28.3. The SMILES string of the molecule is CC(/C=C(/C(C)CCCCCC(=O)O)C(C)(C)C1C=C(S(=O)(=O)O)C=CC1(C)C)C/C=C/C1N(CCCC2=C/C=C\C=C/C=C\2)C2(C)CC=C(S(=O)(=O)O)C=C2C1(C)C. The highest BCUT2D eigenvalue weighted by molar-refractivity contribution is 7.90. The number of carboxylic acid groups (broad SMARTS) is 1. The van der Waals surface area contributed by atoms with Crippen molar-refractivity contribution in [2.24, 2.45) is 34.0 Å². The van der Waals surface area contributed by atoms with Gasteiger partial charge in [0.25, 0.3) is 20.2 Å². The average Bonchev–Trinajstić information content (AvgIpc) is 3.26. The Morgan fingerprint density at radius 1 is 0.915 bits per heavy atom. The Labute approximate surface area is 355 Å². The van der Waals surface area contributed by atoms with Crippen LogP contribution in [-0.4, -0.2) is 60.0 Å². The van der Waals surface area contributed by atoms with E-state index in [0.717, 1.165) is 50.6 Å². The maximum Gasteiger partial charge on any atom is 0.303 e. The van der Waals surface area contributed by atoms with Crippen molar-refractivity contribution in [3.63, 3.8) is 0 Å². The van der Waals surface area contributed by atoms with Crippen molar-refractivity contribution in [2.75, 3.05) is 6.54 Å². The molecule has 3 aliphatic carbocycles. The van der Waals surface area contributed by atoms with Crippen LogP contribution in [0.2, 0.25) is 0 Å². The van der Waals surface area contributed by atoms with Gasteiger partial charge in [-0.1, -0.05) is 153 Å². The molecule has 1 heterocycles. The molecule has 0 amide bonds. The highest BCUT2D eigenvalue weighted by Crippen LogP contribution is 2.55. The molecular formula is C48H69NO8S2. The number of rotatable bonds is 19. The van der Waals surface area contributed by atoms with Crippen LogP contribution in [0.5, 0.6) is 0 Å². The van der Waals surface area contributed by atoms with E-state index in [1.54, 1.807) is 18.2 Å². The predicted molar refractivity (Wildman–Crippen MR) is 240 cm³/mol. The van der Waals surface area contributed by atoms with E-state index in [-0.39, 0.29) is 40.0 Å². The molecule has 5 atom stereocenters. The molecule has 11 heteroatoms. The second-order valence-electron chi connectivity index (χ2n) is 19.0. The minimum atomic E-state index is -4.40. The quantitative estimate of drug-likeness (QED) is 0.0656. The Morgan fingerprint density at radius 3 is 2.24 bits per heavy atom. The van der Waals surface area contributed by atoms with Gasteiger partial charge in [0.2, 0.25) is 0 Å². The summed E-state index contributed by atoms with van der Waals surface area (Å²) in [4.78, 5) is 13.5. The zero-order chi connectivity index (χ0) is 44.0. The number of hydrogen-bond acceptors (Lipinski definition) is 6. The molecule has 3 N–H and O–H groups in total. The number of aliphatic carboxylic acids is 1. The molecule has 4 aliphatic rings. The van der Waals surface area contributed by atoms with Gasteiger partial charge in [-0.3, -0.25) is 18.8 Å². The van der Waals surface area contributed by atoms with E-state index in [1.165, 1.54) is 17.2 Å². The minimum Gasteiger partial charge on any atom is -0.481 e. The van der Waals surface area contributed by atoms with E-state index >= 15 is 0 Å². The van der Waals surface area contributed by atoms with Crippen LogP contribution in [0.3, 0.4) is 0 Å². The largest absolute Gasteiger partial charge is 0.481 e.